The highest BCUT2D eigenvalue weighted by Crippen LogP contribution is 2.34. The van der Waals surface area contributed by atoms with E-state index < -0.39 is 5.54 Å². The van der Waals surface area contributed by atoms with Gasteiger partial charge in [0.15, 0.2) is 0 Å². The molecule has 112 valence electrons. The number of hydrogen-bond acceptors (Lipinski definition) is 2. The average molecular weight is 286 g/mol. The molecule has 0 aromatic heterocycles. The van der Waals surface area contributed by atoms with E-state index in [2.05, 4.69) is 5.32 Å². The van der Waals surface area contributed by atoms with Crippen LogP contribution in [0.5, 0.6) is 0 Å². The minimum atomic E-state index is -0.934. The number of hydrogen-bond donors (Lipinski definition) is 1. The second-order valence-corrected chi connectivity index (χ2v) is 6.35. The molecule has 0 radical (unpaired) electrons. The molecule has 1 N–H and O–H groups in total. The number of nitrogens with one attached hydrogen (secondary N) is 1. The quantitative estimate of drug-likeness (QED) is 0.900. The molecule has 1 aliphatic heterocycles. The fourth-order valence-corrected chi connectivity index (χ4v) is 3.06. The van der Waals surface area contributed by atoms with Crippen LogP contribution in [-0.4, -0.2) is 29.8 Å². The molecule has 1 aromatic carbocycles. The first-order chi connectivity index (χ1) is 10.1. The molecule has 2 fully saturated rings. The Morgan fingerprint density at radius 3 is 2.62 bits per heavy atom. The zero-order valence-electron chi connectivity index (χ0n) is 12.5. The van der Waals surface area contributed by atoms with Crippen molar-refractivity contribution in [1.82, 2.24) is 10.2 Å². The van der Waals surface area contributed by atoms with Crippen molar-refractivity contribution >= 4 is 11.8 Å². The number of nitrogens with zero attached hydrogens (tertiary/aromatic N) is 1. The van der Waals surface area contributed by atoms with Crippen molar-refractivity contribution in [2.45, 2.75) is 38.1 Å². The maximum Gasteiger partial charge on any atom is 0.253 e. The molecule has 1 atom stereocenters. The SMILES string of the molecule is CC1(c2ccccc2)NC(=O)CN(CCCC2CC2)C1=O. The topological polar surface area (TPSA) is 49.4 Å². The Bertz CT molecular complexity index is 539. The zero-order valence-corrected chi connectivity index (χ0v) is 12.5. The van der Waals surface area contributed by atoms with Crippen LogP contribution in [0.4, 0.5) is 0 Å². The first-order valence-electron chi connectivity index (χ1n) is 7.75. The van der Waals surface area contributed by atoms with Crippen molar-refractivity contribution in [3.05, 3.63) is 35.9 Å². The van der Waals surface area contributed by atoms with E-state index in [1.54, 1.807) is 11.8 Å². The molecule has 1 aromatic rings. The maximum absolute atomic E-state index is 12.8. The predicted octanol–water partition coefficient (Wildman–Crippen LogP) is 2.05. The summed E-state index contributed by atoms with van der Waals surface area (Å²) in [6, 6.07) is 9.49. The summed E-state index contributed by atoms with van der Waals surface area (Å²) in [6.07, 6.45) is 4.83. The van der Waals surface area contributed by atoms with Gasteiger partial charge in [-0.15, -0.1) is 0 Å². The lowest BCUT2D eigenvalue weighted by Crippen LogP contribution is -2.63. The van der Waals surface area contributed by atoms with Gasteiger partial charge in [0.1, 0.15) is 5.54 Å². The molecule has 3 rings (SSSR count). The molecular weight excluding hydrogens is 264 g/mol. The Labute approximate surface area is 125 Å². The van der Waals surface area contributed by atoms with Crippen LogP contribution in [0.3, 0.4) is 0 Å². The Hall–Kier alpha value is -1.84. The van der Waals surface area contributed by atoms with Crippen molar-refractivity contribution < 1.29 is 9.59 Å². The van der Waals surface area contributed by atoms with Gasteiger partial charge in [0.2, 0.25) is 5.91 Å². The summed E-state index contributed by atoms with van der Waals surface area (Å²) >= 11 is 0. The highest BCUT2D eigenvalue weighted by atomic mass is 16.2. The summed E-state index contributed by atoms with van der Waals surface area (Å²) in [6.45, 7) is 2.67. The molecule has 1 heterocycles. The Morgan fingerprint density at radius 1 is 1.24 bits per heavy atom. The molecule has 4 nitrogen and oxygen atoms in total. The fraction of sp³-hybridized carbons (Fsp3) is 0.529. The zero-order chi connectivity index (χ0) is 14.9. The molecule has 1 saturated carbocycles. The van der Waals surface area contributed by atoms with Gasteiger partial charge < -0.3 is 10.2 Å². The lowest BCUT2D eigenvalue weighted by molar-refractivity contribution is -0.149. The average Bonchev–Trinajstić information content (AvgIpc) is 3.29. The molecule has 1 aliphatic carbocycles. The highest BCUT2D eigenvalue weighted by molar-refractivity contribution is 5.98. The monoisotopic (exact) mass is 286 g/mol. The number of carbonyl (C=O) groups is 2. The van der Waals surface area contributed by atoms with Gasteiger partial charge in [0.05, 0.1) is 6.54 Å². The molecule has 2 amide bonds. The second-order valence-electron chi connectivity index (χ2n) is 6.35. The van der Waals surface area contributed by atoms with Crippen LogP contribution in [0.25, 0.3) is 0 Å². The van der Waals surface area contributed by atoms with E-state index in [9.17, 15) is 9.59 Å². The number of carbonyl (C=O) groups excluding carboxylic acids is 2. The molecule has 0 bridgehead atoms. The summed E-state index contributed by atoms with van der Waals surface area (Å²) < 4.78 is 0. The second kappa shape index (κ2) is 5.51. The van der Waals surface area contributed by atoms with Gasteiger partial charge in [-0.2, -0.15) is 0 Å². The van der Waals surface area contributed by atoms with E-state index >= 15 is 0 Å². The van der Waals surface area contributed by atoms with E-state index in [-0.39, 0.29) is 18.4 Å². The smallest absolute Gasteiger partial charge is 0.253 e. The van der Waals surface area contributed by atoms with Gasteiger partial charge in [-0.1, -0.05) is 43.2 Å². The molecule has 1 unspecified atom stereocenters. The Kier molecular flexibility index (Phi) is 3.70. The van der Waals surface area contributed by atoms with Crippen molar-refractivity contribution in [2.24, 2.45) is 5.92 Å². The van der Waals surface area contributed by atoms with E-state index in [0.717, 1.165) is 17.9 Å². The molecule has 0 spiro atoms. The first-order valence-corrected chi connectivity index (χ1v) is 7.75. The van der Waals surface area contributed by atoms with E-state index in [4.69, 9.17) is 0 Å². The Balaban J connectivity index is 1.74. The number of rotatable bonds is 5. The van der Waals surface area contributed by atoms with Gasteiger partial charge in [-0.3, -0.25) is 9.59 Å². The summed E-state index contributed by atoms with van der Waals surface area (Å²) in [5, 5.41) is 2.87. The van der Waals surface area contributed by atoms with E-state index in [0.29, 0.717) is 6.54 Å². The van der Waals surface area contributed by atoms with Crippen molar-refractivity contribution in [1.29, 1.82) is 0 Å². The van der Waals surface area contributed by atoms with Gasteiger partial charge in [0, 0.05) is 6.54 Å². The first kappa shape index (κ1) is 14.1. The number of amides is 2. The molecule has 21 heavy (non-hydrogen) atoms. The summed E-state index contributed by atoms with van der Waals surface area (Å²) in [4.78, 5) is 26.5. The molecular formula is C17H22N2O2. The third-order valence-electron chi connectivity index (χ3n) is 4.53. The number of piperazine rings is 1. The maximum atomic E-state index is 12.8. The minimum absolute atomic E-state index is 0.00379. The predicted molar refractivity (Wildman–Crippen MR) is 80.5 cm³/mol. The van der Waals surface area contributed by atoms with Crippen LogP contribution >= 0.6 is 0 Å². The Morgan fingerprint density at radius 2 is 1.95 bits per heavy atom. The van der Waals surface area contributed by atoms with E-state index in [1.807, 2.05) is 30.3 Å². The van der Waals surface area contributed by atoms with Crippen LogP contribution < -0.4 is 5.32 Å². The number of benzene rings is 1. The summed E-state index contributed by atoms with van der Waals surface area (Å²) in [5.41, 5.74) is -0.0915. The normalized spacial score (nSPS) is 25.9. The highest BCUT2D eigenvalue weighted by Gasteiger charge is 2.44. The van der Waals surface area contributed by atoms with Crippen molar-refractivity contribution in [3.63, 3.8) is 0 Å². The molecule has 2 aliphatic rings. The van der Waals surface area contributed by atoms with Crippen LogP contribution in [0.2, 0.25) is 0 Å². The molecule has 4 heteroatoms. The lowest BCUT2D eigenvalue weighted by Gasteiger charge is -2.40. The van der Waals surface area contributed by atoms with Crippen molar-refractivity contribution in [3.8, 4) is 0 Å². The third-order valence-corrected chi connectivity index (χ3v) is 4.53. The fourth-order valence-electron chi connectivity index (χ4n) is 3.06. The summed E-state index contributed by atoms with van der Waals surface area (Å²) in [5.74, 6) is 0.788. The molecule has 1 saturated heterocycles. The van der Waals surface area contributed by atoms with E-state index in [1.165, 1.54) is 19.3 Å². The third kappa shape index (κ3) is 2.94. The van der Waals surface area contributed by atoms with Crippen LogP contribution in [0.1, 0.15) is 38.2 Å². The van der Waals surface area contributed by atoms with Gasteiger partial charge in [0.25, 0.3) is 5.91 Å². The van der Waals surface area contributed by atoms with Crippen LogP contribution in [0.15, 0.2) is 30.3 Å². The standard InChI is InChI=1S/C17H22N2O2/c1-17(14-7-3-2-4-8-14)16(21)19(12-15(20)18-17)11-5-6-13-9-10-13/h2-4,7-8,13H,5-6,9-12H2,1H3,(H,18,20). The van der Waals surface area contributed by atoms with Crippen LogP contribution in [0, 0.1) is 5.92 Å². The van der Waals surface area contributed by atoms with Gasteiger partial charge in [-0.05, 0) is 31.2 Å². The van der Waals surface area contributed by atoms with Crippen molar-refractivity contribution in [2.75, 3.05) is 13.1 Å². The minimum Gasteiger partial charge on any atom is -0.337 e. The van der Waals surface area contributed by atoms with Gasteiger partial charge >= 0.3 is 0 Å². The van der Waals surface area contributed by atoms with Crippen LogP contribution in [-0.2, 0) is 15.1 Å². The summed E-state index contributed by atoms with van der Waals surface area (Å²) in [7, 11) is 0. The van der Waals surface area contributed by atoms with Gasteiger partial charge in [-0.25, -0.2) is 0 Å². The lowest BCUT2D eigenvalue weighted by atomic mass is 9.88. The largest absolute Gasteiger partial charge is 0.337 e.